The lowest BCUT2D eigenvalue weighted by molar-refractivity contribution is 0.0526. The van der Waals surface area contributed by atoms with Gasteiger partial charge in [0, 0.05) is 33.2 Å². The Hall–Kier alpha value is -4.09. The largest absolute Gasteiger partial charge is 0.462 e. The molecule has 12 heteroatoms. The van der Waals surface area contributed by atoms with Crippen molar-refractivity contribution in [2.45, 2.75) is 18.7 Å². The predicted octanol–water partition coefficient (Wildman–Crippen LogP) is 5.88. The molecule has 1 amide bonds. The molecule has 0 bridgehead atoms. The summed E-state index contributed by atoms with van der Waals surface area (Å²) in [6.45, 7) is 3.98. The summed E-state index contributed by atoms with van der Waals surface area (Å²) in [5, 5.41) is 2.76. The zero-order valence-electron chi connectivity index (χ0n) is 21.9. The van der Waals surface area contributed by atoms with Crippen LogP contribution in [0.25, 0.3) is 21.8 Å². The number of carbonyl (C=O) groups excluding carboxylic acids is 2. The van der Waals surface area contributed by atoms with Crippen molar-refractivity contribution in [1.82, 2.24) is 20.2 Å². The lowest BCUT2D eigenvalue weighted by Gasteiger charge is -2.09. The molecule has 2 heterocycles. The first-order valence-corrected chi connectivity index (χ1v) is 14.5. The highest BCUT2D eigenvalue weighted by Gasteiger charge is 2.16. The second-order valence-corrected chi connectivity index (χ2v) is 11.3. The number of sulfonamides is 1. The molecule has 0 aliphatic heterocycles. The Kier molecular flexibility index (Phi) is 9.51. The quantitative estimate of drug-likeness (QED) is 0.181. The molecule has 0 radical (unpaired) electrons. The average molecular weight is 612 g/mol. The van der Waals surface area contributed by atoms with E-state index in [4.69, 9.17) is 27.9 Å². The van der Waals surface area contributed by atoms with E-state index in [9.17, 15) is 18.0 Å². The van der Waals surface area contributed by atoms with Crippen molar-refractivity contribution in [3.05, 3.63) is 112 Å². The second-order valence-electron chi connectivity index (χ2n) is 8.72. The summed E-state index contributed by atoms with van der Waals surface area (Å²) >= 11 is 11.7. The van der Waals surface area contributed by atoms with Gasteiger partial charge in [-0.3, -0.25) is 20.2 Å². The van der Waals surface area contributed by atoms with Crippen LogP contribution in [0.1, 0.15) is 33.2 Å². The van der Waals surface area contributed by atoms with Gasteiger partial charge in [0.2, 0.25) is 0 Å². The topological polar surface area (TPSA) is 127 Å². The molecule has 0 saturated heterocycles. The molecular formula is C29H24Cl2N4O5S. The van der Waals surface area contributed by atoms with Crippen molar-refractivity contribution < 1.29 is 22.7 Å². The Balaban J connectivity index is 0.000000208. The van der Waals surface area contributed by atoms with Gasteiger partial charge in [0.05, 0.1) is 33.7 Å². The fourth-order valence-electron chi connectivity index (χ4n) is 3.60. The number of hydrazine groups is 1. The number of hydrogen-bond acceptors (Lipinski definition) is 7. The first kappa shape index (κ1) is 29.9. The Morgan fingerprint density at radius 3 is 1.90 bits per heavy atom. The Morgan fingerprint density at radius 2 is 1.34 bits per heavy atom. The van der Waals surface area contributed by atoms with Gasteiger partial charge in [0.15, 0.2) is 0 Å². The van der Waals surface area contributed by atoms with Crippen molar-refractivity contribution in [1.29, 1.82) is 0 Å². The maximum atomic E-state index is 12.2. The van der Waals surface area contributed by atoms with Crippen LogP contribution in [-0.4, -0.2) is 36.9 Å². The highest BCUT2D eigenvalue weighted by molar-refractivity contribution is 7.89. The molecule has 5 rings (SSSR count). The van der Waals surface area contributed by atoms with Crippen LogP contribution < -0.4 is 10.3 Å². The van der Waals surface area contributed by atoms with Crippen molar-refractivity contribution >= 4 is 66.9 Å². The average Bonchev–Trinajstić information content (AvgIpc) is 2.96. The maximum absolute atomic E-state index is 12.2. The third-order valence-electron chi connectivity index (χ3n) is 5.70. The first-order chi connectivity index (χ1) is 19.6. The molecule has 0 fully saturated rings. The number of fused-ring (bicyclic) bond motifs is 2. The maximum Gasteiger partial charge on any atom is 0.339 e. The van der Waals surface area contributed by atoms with E-state index in [1.807, 2.05) is 13.0 Å². The van der Waals surface area contributed by atoms with Gasteiger partial charge in [-0.05, 0) is 62.4 Å². The number of pyridine rings is 2. The Morgan fingerprint density at radius 1 is 0.805 bits per heavy atom. The van der Waals surface area contributed by atoms with Crippen molar-refractivity contribution in [2.75, 3.05) is 6.61 Å². The number of amides is 1. The lowest BCUT2D eigenvalue weighted by atomic mass is 10.1. The van der Waals surface area contributed by atoms with Gasteiger partial charge in [-0.1, -0.05) is 53.0 Å². The van der Waals surface area contributed by atoms with E-state index >= 15 is 0 Å². The molecule has 2 aromatic heterocycles. The first-order valence-electron chi connectivity index (χ1n) is 12.2. The summed E-state index contributed by atoms with van der Waals surface area (Å²) in [5.41, 5.74) is 5.21. The van der Waals surface area contributed by atoms with E-state index in [0.717, 1.165) is 21.9 Å². The number of aryl methyl sites for hydroxylation is 1. The van der Waals surface area contributed by atoms with Crippen LogP contribution in [0.4, 0.5) is 0 Å². The van der Waals surface area contributed by atoms with Gasteiger partial charge in [0.1, 0.15) is 0 Å². The number of esters is 1. The number of benzene rings is 3. The fourth-order valence-corrected chi connectivity index (χ4v) is 4.77. The van der Waals surface area contributed by atoms with Crippen LogP contribution >= 0.6 is 23.2 Å². The summed E-state index contributed by atoms with van der Waals surface area (Å²) in [4.78, 5) is 34.1. The summed E-state index contributed by atoms with van der Waals surface area (Å²) in [7, 11) is -3.85. The predicted molar refractivity (Wildman–Crippen MR) is 158 cm³/mol. The fraction of sp³-hybridized carbons (Fsp3) is 0.103. The molecule has 9 nitrogen and oxygen atoms in total. The van der Waals surface area contributed by atoms with Crippen LogP contribution in [0.15, 0.2) is 90.1 Å². The number of nitrogens with zero attached hydrogens (tertiary/aromatic N) is 2. The van der Waals surface area contributed by atoms with E-state index < -0.39 is 15.9 Å². The van der Waals surface area contributed by atoms with Crippen LogP contribution in [0.3, 0.4) is 0 Å². The normalized spacial score (nSPS) is 11.0. The van der Waals surface area contributed by atoms with E-state index in [1.54, 1.807) is 61.5 Å². The van der Waals surface area contributed by atoms with Gasteiger partial charge in [0.25, 0.3) is 15.9 Å². The number of aromatic nitrogens is 2. The van der Waals surface area contributed by atoms with E-state index in [-0.39, 0.29) is 16.4 Å². The molecule has 210 valence electrons. The molecular weight excluding hydrogens is 587 g/mol. The third kappa shape index (κ3) is 7.77. The minimum Gasteiger partial charge on any atom is -0.462 e. The number of rotatable bonds is 6. The number of halogens is 2. The molecule has 5 aromatic rings. The summed E-state index contributed by atoms with van der Waals surface area (Å²) < 4.78 is 29.2. The molecule has 0 aliphatic carbocycles. The summed E-state index contributed by atoms with van der Waals surface area (Å²) in [6, 6.07) is 20.1. The van der Waals surface area contributed by atoms with Crippen LogP contribution in [0.5, 0.6) is 0 Å². The number of nitrogens with one attached hydrogen (secondary N) is 2. The Labute approximate surface area is 246 Å². The van der Waals surface area contributed by atoms with Crippen molar-refractivity contribution in [3.63, 3.8) is 0 Å². The second kappa shape index (κ2) is 13.0. The van der Waals surface area contributed by atoms with E-state index in [2.05, 4.69) is 20.2 Å². The minimum atomic E-state index is -3.85. The van der Waals surface area contributed by atoms with Crippen LogP contribution in [-0.2, 0) is 14.8 Å². The highest BCUT2D eigenvalue weighted by atomic mass is 35.5. The minimum absolute atomic E-state index is 0.0599. The molecule has 0 spiro atoms. The molecule has 41 heavy (non-hydrogen) atoms. The highest BCUT2D eigenvalue weighted by Crippen LogP contribution is 2.20. The lowest BCUT2D eigenvalue weighted by Crippen LogP contribution is -2.41. The SMILES string of the molecule is CCOC(=O)c1cnc2cc(Cl)ccc2c1.Cc1ccc(S(=O)(=O)NNC(=O)c2cnc3cc(Cl)ccc3c2)cc1. The van der Waals surface area contributed by atoms with Gasteiger partial charge in [-0.15, -0.1) is 4.83 Å². The van der Waals surface area contributed by atoms with E-state index in [1.165, 1.54) is 24.5 Å². The van der Waals surface area contributed by atoms with Gasteiger partial charge < -0.3 is 4.74 Å². The van der Waals surface area contributed by atoms with Gasteiger partial charge in [-0.2, -0.15) is 0 Å². The molecule has 0 unspecified atom stereocenters. The zero-order chi connectivity index (χ0) is 29.6. The number of carbonyl (C=O) groups is 2. The zero-order valence-corrected chi connectivity index (χ0v) is 24.2. The third-order valence-corrected chi connectivity index (χ3v) is 7.43. The number of ether oxygens (including phenoxy) is 1. The van der Waals surface area contributed by atoms with E-state index in [0.29, 0.717) is 27.7 Å². The van der Waals surface area contributed by atoms with Crippen molar-refractivity contribution in [3.8, 4) is 0 Å². The molecule has 2 N–H and O–H groups in total. The Bertz CT molecular complexity index is 1850. The standard InChI is InChI=1S/C17H14ClN3O3S.C12H10ClNO2/c1-11-2-6-15(7-3-11)25(23,24)21-20-17(22)13-8-12-4-5-14(18)9-16(12)19-10-13;1-2-16-12(15)9-5-8-3-4-10(13)6-11(8)14-7-9/h2-10,21H,1H3,(H,20,22);3-7H,2H2,1H3. The van der Waals surface area contributed by atoms with Crippen molar-refractivity contribution in [2.24, 2.45) is 0 Å². The summed E-state index contributed by atoms with van der Waals surface area (Å²) in [5.74, 6) is -0.966. The monoisotopic (exact) mass is 610 g/mol. The summed E-state index contributed by atoms with van der Waals surface area (Å²) in [6.07, 6.45) is 2.85. The van der Waals surface area contributed by atoms with Gasteiger partial charge >= 0.3 is 5.97 Å². The van der Waals surface area contributed by atoms with Crippen LogP contribution in [0, 0.1) is 6.92 Å². The molecule has 0 saturated carbocycles. The smallest absolute Gasteiger partial charge is 0.339 e. The number of hydrogen-bond donors (Lipinski definition) is 2. The molecule has 0 atom stereocenters. The van der Waals surface area contributed by atoms with Crippen LogP contribution in [0.2, 0.25) is 10.0 Å². The molecule has 0 aliphatic rings. The molecule has 3 aromatic carbocycles. The van der Waals surface area contributed by atoms with Gasteiger partial charge in [-0.25, -0.2) is 13.2 Å².